The Morgan fingerprint density at radius 2 is 1.67 bits per heavy atom. The number of hydrogen-bond acceptors (Lipinski definition) is 0. The summed E-state index contributed by atoms with van der Waals surface area (Å²) in [5.41, 5.74) is 1.49. The van der Waals surface area contributed by atoms with E-state index in [-0.39, 0.29) is 0 Å². The summed E-state index contributed by atoms with van der Waals surface area (Å²) in [7, 11) is 2.80. The molecule has 2 rings (SSSR count). The Morgan fingerprint density at radius 3 is 2.53 bits per heavy atom. The van der Waals surface area contributed by atoms with Crippen molar-refractivity contribution in [3.63, 3.8) is 0 Å². The van der Waals surface area contributed by atoms with Crippen LogP contribution in [-0.2, 0) is 6.42 Å². The first-order valence-corrected chi connectivity index (χ1v) is 6.40. The molecule has 1 heteroatoms. The molecule has 0 aliphatic heterocycles. The number of aryl methyl sites for hydroxylation is 1. The molecule has 0 amide bonds. The molecule has 0 aromatic heterocycles. The van der Waals surface area contributed by atoms with E-state index >= 15 is 0 Å². The van der Waals surface area contributed by atoms with Gasteiger partial charge in [0.1, 0.15) is 0 Å². The summed E-state index contributed by atoms with van der Waals surface area (Å²) in [6.07, 6.45) is 5.01. The average molecular weight is 216 g/mol. The highest BCUT2D eigenvalue weighted by atomic mass is 31.0. The second-order valence-electron chi connectivity index (χ2n) is 3.88. The van der Waals surface area contributed by atoms with Gasteiger partial charge in [0.25, 0.3) is 0 Å². The summed E-state index contributed by atoms with van der Waals surface area (Å²) in [5, 5.41) is 2.78. The predicted octanol–water partition coefficient (Wildman–Crippen LogP) is 4.04. The fourth-order valence-corrected chi connectivity index (χ4v) is 2.26. The van der Waals surface area contributed by atoms with Crippen LogP contribution < -0.4 is 0 Å². The first-order valence-electron chi connectivity index (χ1n) is 5.58. The van der Waals surface area contributed by atoms with E-state index < -0.39 is 0 Å². The monoisotopic (exact) mass is 216 g/mol. The maximum absolute atomic E-state index is 2.80. The van der Waals surface area contributed by atoms with Crippen molar-refractivity contribution >= 4 is 20.0 Å². The second-order valence-corrected chi connectivity index (χ2v) is 4.46. The van der Waals surface area contributed by atoms with Crippen LogP contribution in [0.3, 0.4) is 0 Å². The fourth-order valence-electron chi connectivity index (χ4n) is 1.97. The van der Waals surface area contributed by atoms with E-state index in [4.69, 9.17) is 0 Å². The average Bonchev–Trinajstić information content (AvgIpc) is 2.30. The van der Waals surface area contributed by atoms with Crippen LogP contribution in [0.2, 0.25) is 0 Å². The minimum absolute atomic E-state index is 1.20. The third-order valence-electron chi connectivity index (χ3n) is 2.78. The minimum Gasteiger partial charge on any atom is -0.138 e. The highest BCUT2D eigenvalue weighted by Crippen LogP contribution is 2.20. The van der Waals surface area contributed by atoms with Gasteiger partial charge in [0.15, 0.2) is 0 Å². The molecule has 2 aromatic carbocycles. The summed E-state index contributed by atoms with van der Waals surface area (Å²) in [4.78, 5) is 0. The van der Waals surface area contributed by atoms with E-state index in [2.05, 4.69) is 51.7 Å². The molecule has 0 N–H and O–H groups in total. The van der Waals surface area contributed by atoms with E-state index in [1.165, 1.54) is 41.8 Å². The molecule has 0 heterocycles. The van der Waals surface area contributed by atoms with Crippen LogP contribution in [0.4, 0.5) is 0 Å². The van der Waals surface area contributed by atoms with Crippen molar-refractivity contribution in [1.82, 2.24) is 0 Å². The maximum atomic E-state index is 2.80. The molecule has 78 valence electrons. The molecule has 0 aliphatic carbocycles. The Kier molecular flexibility index (Phi) is 3.75. The van der Waals surface area contributed by atoms with Gasteiger partial charge >= 0.3 is 0 Å². The molecular formula is C14H17P. The van der Waals surface area contributed by atoms with Crippen LogP contribution in [0.1, 0.15) is 18.4 Å². The summed E-state index contributed by atoms with van der Waals surface area (Å²) < 4.78 is 0. The van der Waals surface area contributed by atoms with E-state index in [1.54, 1.807) is 0 Å². The van der Waals surface area contributed by atoms with Gasteiger partial charge in [-0.3, -0.25) is 0 Å². The van der Waals surface area contributed by atoms with Crippen molar-refractivity contribution in [3.8, 4) is 0 Å². The zero-order valence-electron chi connectivity index (χ0n) is 8.95. The van der Waals surface area contributed by atoms with Crippen molar-refractivity contribution in [2.75, 3.05) is 6.16 Å². The number of unbranched alkanes of at least 4 members (excludes halogenated alkanes) is 1. The maximum Gasteiger partial charge on any atom is -0.0152 e. The van der Waals surface area contributed by atoms with Crippen molar-refractivity contribution in [2.24, 2.45) is 0 Å². The van der Waals surface area contributed by atoms with Crippen molar-refractivity contribution in [1.29, 1.82) is 0 Å². The van der Waals surface area contributed by atoms with E-state index in [9.17, 15) is 0 Å². The zero-order chi connectivity index (χ0) is 10.5. The summed E-state index contributed by atoms with van der Waals surface area (Å²) in [6, 6.07) is 15.3. The van der Waals surface area contributed by atoms with Crippen LogP contribution in [-0.4, -0.2) is 6.16 Å². The van der Waals surface area contributed by atoms with Gasteiger partial charge in [-0.05, 0) is 41.8 Å². The largest absolute Gasteiger partial charge is 0.138 e. The van der Waals surface area contributed by atoms with E-state index in [1.807, 2.05) is 0 Å². The van der Waals surface area contributed by atoms with Crippen LogP contribution in [0.5, 0.6) is 0 Å². The predicted molar refractivity (Wildman–Crippen MR) is 71.5 cm³/mol. The number of rotatable bonds is 4. The van der Waals surface area contributed by atoms with Gasteiger partial charge in [-0.25, -0.2) is 0 Å². The normalized spacial score (nSPS) is 10.7. The van der Waals surface area contributed by atoms with Crippen LogP contribution >= 0.6 is 9.24 Å². The Labute approximate surface area is 93.9 Å². The van der Waals surface area contributed by atoms with E-state index in [0.29, 0.717) is 0 Å². The molecule has 2 aromatic rings. The smallest absolute Gasteiger partial charge is 0.0152 e. The van der Waals surface area contributed by atoms with Crippen molar-refractivity contribution < 1.29 is 0 Å². The molecule has 0 nitrogen and oxygen atoms in total. The molecule has 0 saturated carbocycles. The molecule has 0 bridgehead atoms. The number of fused-ring (bicyclic) bond motifs is 1. The Balaban J connectivity index is 2.26. The highest BCUT2D eigenvalue weighted by Gasteiger charge is 1.99. The second kappa shape index (κ2) is 5.28. The summed E-state index contributed by atoms with van der Waals surface area (Å²) in [5.74, 6) is 0. The Morgan fingerprint density at radius 1 is 0.867 bits per heavy atom. The van der Waals surface area contributed by atoms with Gasteiger partial charge in [0, 0.05) is 0 Å². The SMILES string of the molecule is PCCCCc1cccc2ccccc12. The molecule has 0 aliphatic rings. The quantitative estimate of drug-likeness (QED) is 0.534. The van der Waals surface area contributed by atoms with Crippen LogP contribution in [0.25, 0.3) is 10.8 Å². The Hall–Kier alpha value is -0.870. The highest BCUT2D eigenvalue weighted by molar-refractivity contribution is 7.16. The lowest BCUT2D eigenvalue weighted by atomic mass is 10.0. The minimum atomic E-state index is 1.20. The van der Waals surface area contributed by atoms with Gasteiger partial charge in [0.05, 0.1) is 0 Å². The number of hydrogen-bond donors (Lipinski definition) is 0. The summed E-state index contributed by atoms with van der Waals surface area (Å²) in [6.45, 7) is 0. The lowest BCUT2D eigenvalue weighted by Crippen LogP contribution is -1.88. The van der Waals surface area contributed by atoms with Gasteiger partial charge in [0.2, 0.25) is 0 Å². The fraction of sp³-hybridized carbons (Fsp3) is 0.286. The van der Waals surface area contributed by atoms with Crippen molar-refractivity contribution in [3.05, 3.63) is 48.0 Å². The molecule has 1 unspecified atom stereocenters. The molecular weight excluding hydrogens is 199 g/mol. The number of benzene rings is 2. The lowest BCUT2D eigenvalue weighted by molar-refractivity contribution is 0.807. The molecule has 15 heavy (non-hydrogen) atoms. The third-order valence-corrected chi connectivity index (χ3v) is 3.19. The van der Waals surface area contributed by atoms with Crippen molar-refractivity contribution in [2.45, 2.75) is 19.3 Å². The van der Waals surface area contributed by atoms with Crippen LogP contribution in [0, 0.1) is 0 Å². The van der Waals surface area contributed by atoms with E-state index in [0.717, 1.165) is 0 Å². The standard InChI is InChI=1S/C14H17P/c15-11-4-3-7-13-9-5-8-12-6-1-2-10-14(12)13/h1-2,5-6,8-10H,3-4,7,11,15H2. The van der Waals surface area contributed by atoms with Gasteiger partial charge in [-0.2, -0.15) is 0 Å². The molecule has 0 radical (unpaired) electrons. The molecule has 0 saturated heterocycles. The zero-order valence-corrected chi connectivity index (χ0v) is 10.1. The third kappa shape index (κ3) is 2.58. The summed E-state index contributed by atoms with van der Waals surface area (Å²) >= 11 is 0. The molecule has 0 fully saturated rings. The first kappa shape index (κ1) is 10.6. The molecule has 0 spiro atoms. The topological polar surface area (TPSA) is 0 Å². The molecule has 1 atom stereocenters. The van der Waals surface area contributed by atoms with Gasteiger partial charge in [-0.15, -0.1) is 9.24 Å². The first-order chi connectivity index (χ1) is 7.42. The van der Waals surface area contributed by atoms with Gasteiger partial charge in [-0.1, -0.05) is 42.5 Å². The van der Waals surface area contributed by atoms with Gasteiger partial charge < -0.3 is 0 Å². The van der Waals surface area contributed by atoms with Crippen LogP contribution in [0.15, 0.2) is 42.5 Å². The Bertz CT molecular complexity index is 429. The lowest BCUT2D eigenvalue weighted by Gasteiger charge is -2.05.